The lowest BCUT2D eigenvalue weighted by Gasteiger charge is -2.39. The molecule has 0 spiro atoms. The first-order valence-electron chi connectivity index (χ1n) is 3.58. The predicted molar refractivity (Wildman–Crippen MR) is 37.8 cm³/mol. The van der Waals surface area contributed by atoms with Crippen molar-refractivity contribution in [3.63, 3.8) is 0 Å². The number of rotatable bonds is 2. The topological polar surface area (TPSA) is 40.5 Å². The molecule has 1 atom stereocenters. The highest BCUT2D eigenvalue weighted by Gasteiger charge is 2.30. The minimum atomic E-state index is -0.716. The van der Waals surface area contributed by atoms with Gasteiger partial charge in [0, 0.05) is 13.1 Å². The molecule has 3 heteroatoms. The Morgan fingerprint density at radius 3 is 2.50 bits per heavy atom. The third-order valence-electron chi connectivity index (χ3n) is 2.00. The van der Waals surface area contributed by atoms with Crippen molar-refractivity contribution in [1.29, 1.82) is 0 Å². The van der Waals surface area contributed by atoms with Crippen LogP contribution in [0.5, 0.6) is 0 Å². The fourth-order valence-electron chi connectivity index (χ4n) is 1.22. The second-order valence-electron chi connectivity index (χ2n) is 3.07. The zero-order valence-corrected chi connectivity index (χ0v) is 6.37. The zero-order valence-electron chi connectivity index (χ0n) is 6.37. The Morgan fingerprint density at radius 2 is 2.20 bits per heavy atom. The third-order valence-corrected chi connectivity index (χ3v) is 2.00. The number of aliphatic carboxylic acids is 1. The normalized spacial score (nSPS) is 23.8. The highest BCUT2D eigenvalue weighted by Crippen LogP contribution is 2.17. The molecule has 10 heavy (non-hydrogen) atoms. The Morgan fingerprint density at radius 1 is 1.70 bits per heavy atom. The molecule has 0 radical (unpaired) electrons. The first kappa shape index (κ1) is 7.54. The fraction of sp³-hybridized carbons (Fsp3) is 0.857. The Balaban J connectivity index is 2.31. The van der Waals surface area contributed by atoms with Crippen molar-refractivity contribution in [1.82, 2.24) is 4.90 Å². The van der Waals surface area contributed by atoms with E-state index in [9.17, 15) is 4.79 Å². The molecule has 1 aliphatic rings. The molecule has 1 aliphatic heterocycles. The highest BCUT2D eigenvalue weighted by atomic mass is 16.4. The summed E-state index contributed by atoms with van der Waals surface area (Å²) in [4.78, 5) is 12.4. The number of carboxylic acid groups (broad SMARTS) is 1. The summed E-state index contributed by atoms with van der Waals surface area (Å²) in [6.45, 7) is 5.74. The summed E-state index contributed by atoms with van der Waals surface area (Å²) in [5.74, 6) is -0.0336. The van der Waals surface area contributed by atoms with E-state index in [2.05, 4.69) is 6.92 Å². The highest BCUT2D eigenvalue weighted by molar-refractivity contribution is 5.73. The van der Waals surface area contributed by atoms with Gasteiger partial charge in [0.05, 0.1) is 0 Å². The van der Waals surface area contributed by atoms with E-state index in [1.165, 1.54) is 0 Å². The minimum absolute atomic E-state index is 0.295. The monoisotopic (exact) mass is 143 g/mol. The van der Waals surface area contributed by atoms with Crippen LogP contribution in [-0.4, -0.2) is 35.1 Å². The lowest BCUT2D eigenvalue weighted by Crippen LogP contribution is -2.52. The first-order valence-corrected chi connectivity index (χ1v) is 3.58. The molecule has 0 amide bonds. The van der Waals surface area contributed by atoms with E-state index >= 15 is 0 Å². The number of likely N-dealkylation sites (tertiary alicyclic amines) is 1. The largest absolute Gasteiger partial charge is 0.480 e. The van der Waals surface area contributed by atoms with Gasteiger partial charge in [-0.1, -0.05) is 6.92 Å². The summed E-state index contributed by atoms with van der Waals surface area (Å²) in [7, 11) is 0. The van der Waals surface area contributed by atoms with Crippen LogP contribution in [0.1, 0.15) is 13.8 Å². The van der Waals surface area contributed by atoms with Gasteiger partial charge in [-0.05, 0) is 12.8 Å². The van der Waals surface area contributed by atoms with Gasteiger partial charge in [0.2, 0.25) is 0 Å². The van der Waals surface area contributed by atoms with Gasteiger partial charge in [-0.3, -0.25) is 9.69 Å². The van der Waals surface area contributed by atoms with E-state index in [1.54, 1.807) is 6.92 Å². The van der Waals surface area contributed by atoms with Gasteiger partial charge >= 0.3 is 5.97 Å². The van der Waals surface area contributed by atoms with Crippen LogP contribution < -0.4 is 0 Å². The average molecular weight is 143 g/mol. The standard InChI is InChI=1S/C7H13NO2/c1-5-3-8(4-5)6(2)7(9)10/h5-6H,3-4H2,1-2H3,(H,9,10)/t6-/m1/s1. The van der Waals surface area contributed by atoms with Crippen LogP contribution in [0.25, 0.3) is 0 Å². The van der Waals surface area contributed by atoms with Crippen molar-refractivity contribution < 1.29 is 9.90 Å². The van der Waals surface area contributed by atoms with Crippen LogP contribution in [0.3, 0.4) is 0 Å². The summed E-state index contributed by atoms with van der Waals surface area (Å²) in [6.07, 6.45) is 0. The van der Waals surface area contributed by atoms with Gasteiger partial charge in [0.15, 0.2) is 0 Å². The Labute approximate surface area is 60.6 Å². The number of carboxylic acids is 1. The molecule has 0 aliphatic carbocycles. The van der Waals surface area contributed by atoms with Crippen LogP contribution in [0, 0.1) is 5.92 Å². The molecule has 0 saturated carbocycles. The Bertz CT molecular complexity index is 141. The van der Waals surface area contributed by atoms with Crippen molar-refractivity contribution in [2.45, 2.75) is 19.9 Å². The average Bonchev–Trinajstić information content (AvgIpc) is 1.79. The number of nitrogens with zero attached hydrogens (tertiary/aromatic N) is 1. The van der Waals surface area contributed by atoms with Crippen LogP contribution in [0.4, 0.5) is 0 Å². The lowest BCUT2D eigenvalue weighted by molar-refractivity contribution is -0.145. The van der Waals surface area contributed by atoms with E-state index in [4.69, 9.17) is 5.11 Å². The molecule has 0 bridgehead atoms. The molecule has 0 unspecified atom stereocenters. The Kier molecular flexibility index (Phi) is 1.94. The van der Waals surface area contributed by atoms with Gasteiger partial charge in [-0.2, -0.15) is 0 Å². The summed E-state index contributed by atoms with van der Waals surface area (Å²) in [5, 5.41) is 8.56. The van der Waals surface area contributed by atoms with E-state index in [-0.39, 0.29) is 6.04 Å². The SMILES string of the molecule is CC1CN([C@H](C)C(=O)O)C1. The zero-order chi connectivity index (χ0) is 7.72. The molecule has 58 valence electrons. The molecule has 1 saturated heterocycles. The fourth-order valence-corrected chi connectivity index (χ4v) is 1.22. The molecule has 0 aromatic heterocycles. The van der Waals surface area contributed by atoms with Crippen molar-refractivity contribution in [3.05, 3.63) is 0 Å². The third kappa shape index (κ3) is 1.29. The lowest BCUT2D eigenvalue weighted by atomic mass is 10.0. The van der Waals surface area contributed by atoms with Gasteiger partial charge in [0.1, 0.15) is 6.04 Å². The van der Waals surface area contributed by atoms with Gasteiger partial charge < -0.3 is 5.11 Å². The molecule has 1 N–H and O–H groups in total. The molecular formula is C7H13NO2. The number of hydrogen-bond acceptors (Lipinski definition) is 2. The summed E-state index contributed by atoms with van der Waals surface area (Å²) < 4.78 is 0. The summed E-state index contributed by atoms with van der Waals surface area (Å²) >= 11 is 0. The smallest absolute Gasteiger partial charge is 0.320 e. The molecule has 0 aromatic rings. The van der Waals surface area contributed by atoms with Gasteiger partial charge in [0.25, 0.3) is 0 Å². The van der Waals surface area contributed by atoms with E-state index < -0.39 is 5.97 Å². The molecular weight excluding hydrogens is 130 g/mol. The second-order valence-corrected chi connectivity index (χ2v) is 3.07. The quantitative estimate of drug-likeness (QED) is 0.608. The van der Waals surface area contributed by atoms with Crippen LogP contribution in [0.15, 0.2) is 0 Å². The van der Waals surface area contributed by atoms with Crippen molar-refractivity contribution in [2.24, 2.45) is 5.92 Å². The molecule has 1 fully saturated rings. The van der Waals surface area contributed by atoms with E-state index in [0.29, 0.717) is 5.92 Å². The maximum atomic E-state index is 10.4. The number of carbonyl (C=O) groups is 1. The van der Waals surface area contributed by atoms with Crippen LogP contribution in [0.2, 0.25) is 0 Å². The maximum Gasteiger partial charge on any atom is 0.320 e. The second kappa shape index (κ2) is 2.58. The Hall–Kier alpha value is -0.570. The maximum absolute atomic E-state index is 10.4. The summed E-state index contributed by atoms with van der Waals surface area (Å²) in [6, 6.07) is -0.295. The molecule has 1 rings (SSSR count). The molecule has 1 heterocycles. The van der Waals surface area contributed by atoms with Crippen molar-refractivity contribution >= 4 is 5.97 Å². The van der Waals surface area contributed by atoms with Crippen LogP contribution >= 0.6 is 0 Å². The summed E-state index contributed by atoms with van der Waals surface area (Å²) in [5.41, 5.74) is 0. The van der Waals surface area contributed by atoms with Crippen molar-refractivity contribution in [2.75, 3.05) is 13.1 Å². The van der Waals surface area contributed by atoms with E-state index in [0.717, 1.165) is 13.1 Å². The van der Waals surface area contributed by atoms with Gasteiger partial charge in [-0.25, -0.2) is 0 Å². The van der Waals surface area contributed by atoms with Gasteiger partial charge in [-0.15, -0.1) is 0 Å². The first-order chi connectivity index (χ1) is 4.61. The number of hydrogen-bond donors (Lipinski definition) is 1. The predicted octanol–water partition coefficient (Wildman–Crippen LogP) is 0.411. The molecule has 3 nitrogen and oxygen atoms in total. The minimum Gasteiger partial charge on any atom is -0.480 e. The van der Waals surface area contributed by atoms with Crippen LogP contribution in [-0.2, 0) is 4.79 Å². The van der Waals surface area contributed by atoms with E-state index in [1.807, 2.05) is 4.90 Å². The van der Waals surface area contributed by atoms with Crippen molar-refractivity contribution in [3.8, 4) is 0 Å². The molecule has 0 aromatic carbocycles.